The van der Waals surface area contributed by atoms with Gasteiger partial charge in [-0.15, -0.1) is 0 Å². The highest BCUT2D eigenvalue weighted by atomic mass is 35.5. The first-order valence-corrected chi connectivity index (χ1v) is 12.0. The van der Waals surface area contributed by atoms with E-state index in [0.717, 1.165) is 28.2 Å². The van der Waals surface area contributed by atoms with Crippen LogP contribution in [0.25, 0.3) is 11.8 Å². The lowest BCUT2D eigenvalue weighted by Crippen LogP contribution is -2.35. The molecule has 2 aliphatic heterocycles. The maximum Gasteiger partial charge on any atom is 0.283 e. The van der Waals surface area contributed by atoms with Gasteiger partial charge in [-0.05, 0) is 86.5 Å². The number of benzene rings is 2. The maximum atomic E-state index is 12.9. The summed E-state index contributed by atoms with van der Waals surface area (Å²) in [4.78, 5) is 17.1. The summed E-state index contributed by atoms with van der Waals surface area (Å²) in [5.41, 5.74) is 7.37. The molecule has 0 saturated carbocycles. The summed E-state index contributed by atoms with van der Waals surface area (Å²) in [6, 6.07) is 15.7. The smallest absolute Gasteiger partial charge is 0.283 e. The monoisotopic (exact) mass is 487 g/mol. The summed E-state index contributed by atoms with van der Waals surface area (Å²) in [5.74, 6) is -0.448. The van der Waals surface area contributed by atoms with Crippen molar-refractivity contribution in [3.05, 3.63) is 92.8 Å². The third-order valence-corrected chi connectivity index (χ3v) is 7.35. The van der Waals surface area contributed by atoms with E-state index < -0.39 is 5.91 Å². The number of aliphatic imine (C=N–C) groups is 1. The van der Waals surface area contributed by atoms with Crippen molar-refractivity contribution in [3.8, 4) is 5.69 Å². The van der Waals surface area contributed by atoms with Crippen LogP contribution in [0, 0.1) is 33.1 Å². The van der Waals surface area contributed by atoms with Crippen LogP contribution in [0.4, 0.5) is 0 Å². The van der Waals surface area contributed by atoms with Crippen molar-refractivity contribution in [3.63, 3.8) is 0 Å². The van der Waals surface area contributed by atoms with Crippen LogP contribution in [-0.2, 0) is 4.79 Å². The van der Waals surface area contributed by atoms with Gasteiger partial charge < -0.3 is 4.57 Å². The van der Waals surface area contributed by atoms with Gasteiger partial charge in [0.2, 0.25) is 5.17 Å². The first kappa shape index (κ1) is 22.4. The van der Waals surface area contributed by atoms with Gasteiger partial charge >= 0.3 is 0 Å². The molecule has 1 aromatic heterocycles. The van der Waals surface area contributed by atoms with Crippen LogP contribution in [-0.4, -0.2) is 31.5 Å². The second kappa shape index (κ2) is 8.42. The average Bonchev–Trinajstić information content (AvgIpc) is 3.34. The minimum atomic E-state index is -0.449. The molecule has 2 aromatic carbocycles. The Labute approximate surface area is 207 Å². The van der Waals surface area contributed by atoms with E-state index in [2.05, 4.69) is 46.7 Å². The molecule has 0 radical (unpaired) electrons. The van der Waals surface area contributed by atoms with E-state index >= 15 is 0 Å². The van der Waals surface area contributed by atoms with Crippen molar-refractivity contribution >= 4 is 51.4 Å². The summed E-state index contributed by atoms with van der Waals surface area (Å²) >= 11 is 7.55. The highest BCUT2D eigenvalue weighted by Crippen LogP contribution is 2.33. The van der Waals surface area contributed by atoms with Crippen molar-refractivity contribution in [2.24, 2.45) is 10.1 Å². The van der Waals surface area contributed by atoms with Crippen molar-refractivity contribution in [2.45, 2.75) is 27.7 Å². The second-order valence-corrected chi connectivity index (χ2v) is 9.70. The normalized spacial score (nSPS) is 16.7. The van der Waals surface area contributed by atoms with Gasteiger partial charge in [-0.25, -0.2) is 0 Å². The molecule has 0 saturated heterocycles. The number of hydrogen-bond acceptors (Lipinski definition) is 4. The number of carbonyl (C=O) groups excluding carboxylic acids is 1. The Morgan fingerprint density at radius 1 is 1.03 bits per heavy atom. The number of amides is 1. The van der Waals surface area contributed by atoms with Gasteiger partial charge in [0.25, 0.3) is 5.91 Å². The number of fused-ring (bicyclic) bond motifs is 1. The SMILES string of the molecule is Cc1ccc(-n2c(C)cc(/C=C3/C(=N)N4N=C(c5ccccc5Cl)SC4=NC3=O)c2C)cc1C. The number of nitrogens with one attached hydrogen (secondary N) is 1. The Bertz CT molecular complexity index is 1480. The van der Waals surface area contributed by atoms with E-state index in [1.165, 1.54) is 27.9 Å². The number of carbonyl (C=O) groups is 1. The lowest BCUT2D eigenvalue weighted by molar-refractivity contribution is -0.114. The second-order valence-electron chi connectivity index (χ2n) is 8.34. The minimum absolute atomic E-state index is 0.000497. The third kappa shape index (κ3) is 3.71. The minimum Gasteiger partial charge on any atom is -0.318 e. The highest BCUT2D eigenvalue weighted by molar-refractivity contribution is 8.27. The number of halogens is 1. The molecule has 3 heterocycles. The Morgan fingerprint density at radius 2 is 1.79 bits per heavy atom. The van der Waals surface area contributed by atoms with Crippen molar-refractivity contribution in [2.75, 3.05) is 0 Å². The number of aromatic nitrogens is 1. The molecule has 0 bridgehead atoms. The molecule has 8 heteroatoms. The number of nitrogens with zero attached hydrogens (tertiary/aromatic N) is 4. The fourth-order valence-electron chi connectivity index (χ4n) is 4.09. The van der Waals surface area contributed by atoms with Crippen LogP contribution < -0.4 is 0 Å². The maximum absolute atomic E-state index is 12.9. The molecular weight excluding hydrogens is 466 g/mol. The number of amidine groups is 2. The molecule has 34 heavy (non-hydrogen) atoms. The predicted octanol–water partition coefficient (Wildman–Crippen LogP) is 6.03. The summed E-state index contributed by atoms with van der Waals surface area (Å²) in [6.07, 6.45) is 1.73. The largest absolute Gasteiger partial charge is 0.318 e. The molecule has 1 amide bonds. The summed E-state index contributed by atoms with van der Waals surface area (Å²) in [6.45, 7) is 8.24. The first-order chi connectivity index (χ1) is 16.2. The molecule has 1 N–H and O–H groups in total. The van der Waals surface area contributed by atoms with Crippen molar-refractivity contribution < 1.29 is 4.79 Å². The van der Waals surface area contributed by atoms with E-state index in [1.54, 1.807) is 12.1 Å². The molecule has 3 aromatic rings. The van der Waals surface area contributed by atoms with Crippen LogP contribution in [0.5, 0.6) is 0 Å². The average molecular weight is 488 g/mol. The van der Waals surface area contributed by atoms with Gasteiger partial charge in [0.1, 0.15) is 5.04 Å². The molecule has 2 aliphatic rings. The van der Waals surface area contributed by atoms with Gasteiger partial charge in [0.05, 0.1) is 10.6 Å². The lowest BCUT2D eigenvalue weighted by Gasteiger charge is -2.20. The van der Waals surface area contributed by atoms with Crippen LogP contribution in [0.3, 0.4) is 0 Å². The van der Waals surface area contributed by atoms with E-state index in [4.69, 9.17) is 17.0 Å². The summed E-state index contributed by atoms with van der Waals surface area (Å²) in [5, 5.41) is 16.2. The highest BCUT2D eigenvalue weighted by Gasteiger charge is 2.36. The summed E-state index contributed by atoms with van der Waals surface area (Å²) < 4.78 is 2.16. The molecular formula is C26H22ClN5OS. The molecule has 170 valence electrons. The molecule has 0 atom stereocenters. The number of rotatable bonds is 3. The first-order valence-electron chi connectivity index (χ1n) is 10.8. The summed E-state index contributed by atoms with van der Waals surface area (Å²) in [7, 11) is 0. The van der Waals surface area contributed by atoms with E-state index in [-0.39, 0.29) is 11.4 Å². The molecule has 0 unspecified atom stereocenters. The van der Waals surface area contributed by atoms with Crippen LogP contribution in [0.15, 0.2) is 64.2 Å². The zero-order chi connectivity index (χ0) is 24.1. The van der Waals surface area contributed by atoms with E-state index in [0.29, 0.717) is 15.2 Å². The van der Waals surface area contributed by atoms with Crippen molar-refractivity contribution in [1.29, 1.82) is 5.41 Å². The Kier molecular flexibility index (Phi) is 5.54. The zero-order valence-corrected chi connectivity index (χ0v) is 20.8. The van der Waals surface area contributed by atoms with Gasteiger partial charge in [-0.1, -0.05) is 35.9 Å². The van der Waals surface area contributed by atoms with Crippen LogP contribution in [0.2, 0.25) is 5.02 Å². The Hall–Kier alpha value is -3.42. The topological polar surface area (TPSA) is 73.8 Å². The molecule has 0 spiro atoms. The van der Waals surface area contributed by atoms with Gasteiger partial charge in [0, 0.05) is 22.6 Å². The number of aryl methyl sites for hydroxylation is 3. The number of thioether (sulfide) groups is 1. The molecule has 0 aliphatic carbocycles. The fourth-order valence-corrected chi connectivity index (χ4v) is 5.30. The van der Waals surface area contributed by atoms with Crippen LogP contribution in [0.1, 0.15) is 33.6 Å². The Balaban J connectivity index is 1.52. The molecule has 5 rings (SSSR count). The van der Waals surface area contributed by atoms with Gasteiger partial charge in [0.15, 0.2) is 5.84 Å². The lowest BCUT2D eigenvalue weighted by atomic mass is 10.1. The molecule has 6 nitrogen and oxygen atoms in total. The third-order valence-electron chi connectivity index (χ3n) is 6.08. The fraction of sp³-hybridized carbons (Fsp3) is 0.154. The van der Waals surface area contributed by atoms with E-state index in [9.17, 15) is 4.79 Å². The molecule has 0 fully saturated rings. The predicted molar refractivity (Wildman–Crippen MR) is 140 cm³/mol. The standard InChI is InChI=1S/C26H22ClN5OS/c1-14-9-10-19(11-15(14)2)31-16(3)12-18(17(31)4)13-21-23(28)32-26(29-24(21)33)34-25(30-32)20-7-5-6-8-22(20)27/h5-13,28H,1-4H3/b21-13-,28-23?. The quantitative estimate of drug-likeness (QED) is 0.458. The Morgan fingerprint density at radius 3 is 2.53 bits per heavy atom. The zero-order valence-electron chi connectivity index (χ0n) is 19.2. The van der Waals surface area contributed by atoms with E-state index in [1.807, 2.05) is 38.1 Å². The van der Waals surface area contributed by atoms with Crippen molar-refractivity contribution in [1.82, 2.24) is 9.58 Å². The number of hydrazone groups is 1. The van der Waals surface area contributed by atoms with Crippen LogP contribution >= 0.6 is 23.4 Å². The number of hydrogen-bond donors (Lipinski definition) is 1. The van der Waals surface area contributed by atoms with Gasteiger partial charge in [-0.2, -0.15) is 15.1 Å². The van der Waals surface area contributed by atoms with Gasteiger partial charge in [-0.3, -0.25) is 10.2 Å².